The SMILES string of the molecule is COc1ccc([C@H]2N=C(Nc3ccc(C(C)C)cc3)Nc3nc(C)cc(=O)n32)cc1OC. The van der Waals surface area contributed by atoms with Crippen LogP contribution in [0.4, 0.5) is 11.6 Å². The molecule has 0 bridgehead atoms. The van der Waals surface area contributed by atoms with Crippen LogP contribution < -0.4 is 25.7 Å². The predicted octanol–water partition coefficient (Wildman–Crippen LogP) is 4.13. The van der Waals surface area contributed by atoms with Gasteiger partial charge < -0.3 is 14.8 Å². The fourth-order valence-electron chi connectivity index (χ4n) is 3.64. The molecule has 2 heterocycles. The molecule has 0 spiro atoms. The number of hydrogen-bond donors (Lipinski definition) is 2. The van der Waals surface area contributed by atoms with Crippen LogP contribution in [0.5, 0.6) is 11.5 Å². The van der Waals surface area contributed by atoms with Gasteiger partial charge in [0.15, 0.2) is 17.7 Å². The Morgan fingerprint density at radius 3 is 2.41 bits per heavy atom. The fraction of sp³-hybridized carbons (Fsp3) is 0.292. The molecular weight excluding hydrogens is 406 g/mol. The van der Waals surface area contributed by atoms with Crippen LogP contribution in [-0.4, -0.2) is 29.7 Å². The molecule has 1 aromatic heterocycles. The van der Waals surface area contributed by atoms with Crippen molar-refractivity contribution in [3.8, 4) is 11.5 Å². The van der Waals surface area contributed by atoms with Crippen molar-refractivity contribution in [3.63, 3.8) is 0 Å². The van der Waals surface area contributed by atoms with Gasteiger partial charge in [0.05, 0.1) is 14.2 Å². The molecule has 8 heteroatoms. The van der Waals surface area contributed by atoms with Crippen molar-refractivity contribution in [1.29, 1.82) is 0 Å². The molecular formula is C24H27N5O3. The smallest absolute Gasteiger partial charge is 0.257 e. The minimum atomic E-state index is -0.621. The first kappa shape index (κ1) is 21.4. The lowest BCUT2D eigenvalue weighted by atomic mass is 10.0. The van der Waals surface area contributed by atoms with Gasteiger partial charge in [-0.2, -0.15) is 0 Å². The van der Waals surface area contributed by atoms with E-state index in [1.165, 1.54) is 16.2 Å². The summed E-state index contributed by atoms with van der Waals surface area (Å²) in [6, 6.07) is 15.2. The summed E-state index contributed by atoms with van der Waals surface area (Å²) in [4.78, 5) is 22.2. The highest BCUT2D eigenvalue weighted by atomic mass is 16.5. The van der Waals surface area contributed by atoms with Crippen LogP contribution in [0.15, 0.2) is 58.3 Å². The van der Waals surface area contributed by atoms with Crippen molar-refractivity contribution in [1.82, 2.24) is 9.55 Å². The number of hydrogen-bond acceptors (Lipinski definition) is 7. The van der Waals surface area contributed by atoms with Gasteiger partial charge in [0.1, 0.15) is 0 Å². The number of anilines is 2. The number of methoxy groups -OCH3 is 2. The van der Waals surface area contributed by atoms with Crippen molar-refractivity contribution in [2.24, 2.45) is 4.99 Å². The third-order valence-corrected chi connectivity index (χ3v) is 5.35. The van der Waals surface area contributed by atoms with E-state index in [9.17, 15) is 4.79 Å². The highest BCUT2D eigenvalue weighted by Crippen LogP contribution is 2.33. The number of ether oxygens (including phenoxy) is 2. The molecule has 0 aliphatic carbocycles. The quantitative estimate of drug-likeness (QED) is 0.629. The van der Waals surface area contributed by atoms with E-state index in [-0.39, 0.29) is 5.56 Å². The van der Waals surface area contributed by atoms with Crippen molar-refractivity contribution in [2.75, 3.05) is 24.9 Å². The molecule has 1 aliphatic heterocycles. The number of guanidine groups is 1. The molecule has 4 rings (SSSR count). The Balaban J connectivity index is 1.76. The Labute approximate surface area is 186 Å². The van der Waals surface area contributed by atoms with Gasteiger partial charge in [-0.1, -0.05) is 32.0 Å². The number of aromatic nitrogens is 2. The van der Waals surface area contributed by atoms with Gasteiger partial charge in [-0.25, -0.2) is 9.98 Å². The molecule has 2 aromatic carbocycles. The second-order valence-corrected chi connectivity index (χ2v) is 7.92. The molecule has 0 saturated heterocycles. The average molecular weight is 434 g/mol. The van der Waals surface area contributed by atoms with Gasteiger partial charge in [0, 0.05) is 23.0 Å². The van der Waals surface area contributed by atoms with Crippen LogP contribution >= 0.6 is 0 Å². The summed E-state index contributed by atoms with van der Waals surface area (Å²) >= 11 is 0. The molecule has 166 valence electrons. The molecule has 3 aromatic rings. The summed E-state index contributed by atoms with van der Waals surface area (Å²) in [5.74, 6) is 2.54. The Morgan fingerprint density at radius 2 is 1.75 bits per heavy atom. The molecule has 1 atom stereocenters. The first-order valence-corrected chi connectivity index (χ1v) is 10.4. The average Bonchev–Trinajstić information content (AvgIpc) is 2.78. The van der Waals surface area contributed by atoms with Crippen molar-refractivity contribution < 1.29 is 9.47 Å². The fourth-order valence-corrected chi connectivity index (χ4v) is 3.64. The van der Waals surface area contributed by atoms with Gasteiger partial charge in [0.2, 0.25) is 11.9 Å². The number of nitrogens with zero attached hydrogens (tertiary/aromatic N) is 3. The highest BCUT2D eigenvalue weighted by molar-refractivity contribution is 6.03. The van der Waals surface area contributed by atoms with Crippen LogP contribution in [0.3, 0.4) is 0 Å². The Hall–Kier alpha value is -3.81. The molecule has 0 radical (unpaired) electrons. The predicted molar refractivity (Wildman–Crippen MR) is 126 cm³/mol. The van der Waals surface area contributed by atoms with Crippen LogP contribution in [0.25, 0.3) is 0 Å². The Bertz CT molecular complexity index is 1220. The van der Waals surface area contributed by atoms with Gasteiger partial charge in [-0.05, 0) is 42.7 Å². The maximum Gasteiger partial charge on any atom is 0.257 e. The van der Waals surface area contributed by atoms with Crippen LogP contribution in [0.1, 0.15) is 42.8 Å². The number of benzene rings is 2. The van der Waals surface area contributed by atoms with Crippen molar-refractivity contribution in [3.05, 3.63) is 75.7 Å². The second kappa shape index (κ2) is 8.74. The van der Waals surface area contributed by atoms with Crippen LogP contribution in [0, 0.1) is 6.92 Å². The number of fused-ring (bicyclic) bond motifs is 1. The zero-order valence-corrected chi connectivity index (χ0v) is 18.8. The van der Waals surface area contributed by atoms with Crippen molar-refractivity contribution >= 4 is 17.6 Å². The number of nitrogens with one attached hydrogen (secondary N) is 2. The van der Waals surface area contributed by atoms with Gasteiger partial charge in [-0.15, -0.1) is 0 Å². The van der Waals surface area contributed by atoms with E-state index in [2.05, 4.69) is 41.6 Å². The molecule has 0 unspecified atom stereocenters. The molecule has 1 aliphatic rings. The van der Waals surface area contributed by atoms with E-state index < -0.39 is 6.17 Å². The standard InChI is InChI=1S/C24H27N5O3/c1-14(2)16-6-9-18(10-7-16)26-23-27-22(17-8-11-19(31-4)20(13-17)32-5)29-21(30)12-15(3)25-24(29)28-23/h6-14,22H,1-5H3,(H2,25,26,27,28)/t22-/m0/s1. The van der Waals surface area contributed by atoms with Gasteiger partial charge >= 0.3 is 0 Å². The maximum atomic E-state index is 12.8. The lowest BCUT2D eigenvalue weighted by Gasteiger charge is -2.27. The molecule has 2 N–H and O–H groups in total. The first-order chi connectivity index (χ1) is 15.4. The largest absolute Gasteiger partial charge is 0.493 e. The number of aliphatic imine (C=N–C) groups is 1. The normalized spacial score (nSPS) is 14.9. The topological polar surface area (TPSA) is 89.8 Å². The third kappa shape index (κ3) is 4.16. The minimum absolute atomic E-state index is 0.191. The second-order valence-electron chi connectivity index (χ2n) is 7.92. The monoisotopic (exact) mass is 433 g/mol. The lowest BCUT2D eigenvalue weighted by molar-refractivity contribution is 0.354. The first-order valence-electron chi connectivity index (χ1n) is 10.4. The summed E-state index contributed by atoms with van der Waals surface area (Å²) in [6.45, 7) is 6.11. The van der Waals surface area contributed by atoms with E-state index in [1.54, 1.807) is 27.2 Å². The molecule has 0 amide bonds. The summed E-state index contributed by atoms with van der Waals surface area (Å²) in [5, 5.41) is 6.46. The molecule has 8 nitrogen and oxygen atoms in total. The van der Waals surface area contributed by atoms with Crippen LogP contribution in [0.2, 0.25) is 0 Å². The van der Waals surface area contributed by atoms with Gasteiger partial charge in [0.25, 0.3) is 5.56 Å². The number of rotatable bonds is 5. The summed E-state index contributed by atoms with van der Waals surface area (Å²) < 4.78 is 12.3. The highest BCUT2D eigenvalue weighted by Gasteiger charge is 2.26. The Morgan fingerprint density at radius 1 is 1.03 bits per heavy atom. The van der Waals surface area contributed by atoms with Gasteiger partial charge in [-0.3, -0.25) is 14.7 Å². The van der Waals surface area contributed by atoms with E-state index in [1.807, 2.05) is 24.3 Å². The number of aryl methyl sites for hydroxylation is 1. The van der Waals surface area contributed by atoms with E-state index in [0.29, 0.717) is 35.0 Å². The van der Waals surface area contributed by atoms with Crippen LogP contribution in [-0.2, 0) is 0 Å². The van der Waals surface area contributed by atoms with Crippen molar-refractivity contribution in [2.45, 2.75) is 32.9 Å². The van der Waals surface area contributed by atoms with E-state index in [0.717, 1.165) is 11.3 Å². The summed E-state index contributed by atoms with van der Waals surface area (Å²) in [7, 11) is 3.16. The molecule has 32 heavy (non-hydrogen) atoms. The third-order valence-electron chi connectivity index (χ3n) is 5.35. The zero-order chi connectivity index (χ0) is 22.8. The van der Waals surface area contributed by atoms with E-state index >= 15 is 0 Å². The Kier molecular flexibility index (Phi) is 5.85. The minimum Gasteiger partial charge on any atom is -0.493 e. The summed E-state index contributed by atoms with van der Waals surface area (Å²) in [6.07, 6.45) is -0.621. The lowest BCUT2D eigenvalue weighted by Crippen LogP contribution is -2.37. The molecule has 0 fully saturated rings. The summed E-state index contributed by atoms with van der Waals surface area (Å²) in [5.41, 5.74) is 3.35. The maximum absolute atomic E-state index is 12.8. The zero-order valence-electron chi connectivity index (χ0n) is 18.8. The molecule has 0 saturated carbocycles. The van der Waals surface area contributed by atoms with E-state index in [4.69, 9.17) is 14.5 Å².